The summed E-state index contributed by atoms with van der Waals surface area (Å²) in [4.78, 5) is 36.2. The molecule has 0 atom stereocenters. The van der Waals surface area contributed by atoms with E-state index in [1.54, 1.807) is 36.4 Å². The number of nitrogens with zero attached hydrogens (tertiary/aromatic N) is 2. The van der Waals surface area contributed by atoms with Crippen LogP contribution in [0, 0.1) is 11.3 Å². The van der Waals surface area contributed by atoms with E-state index in [-0.39, 0.29) is 22.2 Å². The summed E-state index contributed by atoms with van der Waals surface area (Å²) in [6.07, 6.45) is 0.983. The Balaban J connectivity index is 2.16. The largest absolute Gasteiger partial charge is 0.477 e. The zero-order valence-corrected chi connectivity index (χ0v) is 12.8. The molecule has 0 aliphatic heterocycles. The van der Waals surface area contributed by atoms with Gasteiger partial charge in [0.05, 0.1) is 16.8 Å². The van der Waals surface area contributed by atoms with Crippen LogP contribution in [0.5, 0.6) is 0 Å². The summed E-state index contributed by atoms with van der Waals surface area (Å²) in [5.74, 6) is -1.42. The molecular formula is C18H11N3O4. The van der Waals surface area contributed by atoms with Gasteiger partial charge < -0.3 is 10.4 Å². The van der Waals surface area contributed by atoms with Crippen molar-refractivity contribution in [3.8, 4) is 6.07 Å². The zero-order valence-electron chi connectivity index (χ0n) is 12.8. The molecule has 7 heteroatoms. The first-order chi connectivity index (χ1) is 12.0. The molecule has 0 aliphatic rings. The van der Waals surface area contributed by atoms with Crippen molar-refractivity contribution < 1.29 is 14.7 Å². The quantitative estimate of drug-likeness (QED) is 0.748. The molecule has 0 aliphatic carbocycles. The van der Waals surface area contributed by atoms with Crippen molar-refractivity contribution in [1.29, 1.82) is 5.26 Å². The third-order valence-corrected chi connectivity index (χ3v) is 3.65. The van der Waals surface area contributed by atoms with Gasteiger partial charge in [-0.25, -0.2) is 9.59 Å². The lowest BCUT2D eigenvalue weighted by molar-refractivity contribution is 0.0695. The Morgan fingerprint density at radius 1 is 1.08 bits per heavy atom. The Bertz CT molecular complexity index is 1110. The number of carbonyl (C=O) groups is 2. The van der Waals surface area contributed by atoms with E-state index in [1.165, 1.54) is 12.1 Å². The topological polar surface area (TPSA) is 112 Å². The lowest BCUT2D eigenvalue weighted by atomic mass is 10.1. The summed E-state index contributed by atoms with van der Waals surface area (Å²) >= 11 is 0. The van der Waals surface area contributed by atoms with Gasteiger partial charge in [0.1, 0.15) is 11.6 Å². The van der Waals surface area contributed by atoms with Crippen LogP contribution >= 0.6 is 0 Å². The molecule has 1 heterocycles. The number of rotatable bonds is 2. The minimum absolute atomic E-state index is 0.117. The highest BCUT2D eigenvalue weighted by Crippen LogP contribution is 2.16. The second-order valence-corrected chi connectivity index (χ2v) is 5.15. The number of carboxylic acids is 1. The van der Waals surface area contributed by atoms with Crippen molar-refractivity contribution in [3.63, 3.8) is 0 Å². The van der Waals surface area contributed by atoms with Crippen LogP contribution in [0.25, 0.3) is 10.9 Å². The Morgan fingerprint density at radius 2 is 1.76 bits per heavy atom. The van der Waals surface area contributed by atoms with Crippen LogP contribution in [0.15, 0.2) is 59.5 Å². The highest BCUT2D eigenvalue weighted by Gasteiger charge is 2.18. The molecule has 122 valence electrons. The molecule has 3 aromatic rings. The van der Waals surface area contributed by atoms with Gasteiger partial charge in [0, 0.05) is 11.6 Å². The predicted molar refractivity (Wildman–Crippen MR) is 90.7 cm³/mol. The number of amides is 1. The van der Waals surface area contributed by atoms with Gasteiger partial charge >= 0.3 is 12.0 Å². The number of para-hydroxylation sites is 2. The fourth-order valence-electron chi connectivity index (χ4n) is 2.46. The van der Waals surface area contributed by atoms with Crippen LogP contribution in [-0.2, 0) is 0 Å². The Kier molecular flexibility index (Phi) is 4.02. The summed E-state index contributed by atoms with van der Waals surface area (Å²) in [5.41, 5.74) is -0.356. The normalized spacial score (nSPS) is 10.2. The number of nitrogens with one attached hydrogen (secondary N) is 1. The van der Waals surface area contributed by atoms with Gasteiger partial charge in [-0.2, -0.15) is 5.26 Å². The Morgan fingerprint density at radius 3 is 2.48 bits per heavy atom. The molecule has 3 rings (SSSR count). The third-order valence-electron chi connectivity index (χ3n) is 3.65. The summed E-state index contributed by atoms with van der Waals surface area (Å²) in [6.45, 7) is 0. The minimum atomic E-state index is -1.42. The van der Waals surface area contributed by atoms with Gasteiger partial charge in [0.25, 0.3) is 0 Å². The molecule has 0 saturated carbocycles. The number of nitriles is 1. The number of anilines is 1. The van der Waals surface area contributed by atoms with Crippen molar-refractivity contribution in [2.75, 3.05) is 5.32 Å². The first-order valence-electron chi connectivity index (χ1n) is 7.21. The number of aromatic carboxylic acids is 1. The van der Waals surface area contributed by atoms with Gasteiger partial charge in [0.2, 0.25) is 5.43 Å². The average Bonchev–Trinajstić information content (AvgIpc) is 2.62. The monoisotopic (exact) mass is 333 g/mol. The van der Waals surface area contributed by atoms with Gasteiger partial charge in [-0.3, -0.25) is 9.36 Å². The lowest BCUT2D eigenvalue weighted by Gasteiger charge is -2.12. The molecule has 7 nitrogen and oxygen atoms in total. The number of benzene rings is 2. The second kappa shape index (κ2) is 6.29. The van der Waals surface area contributed by atoms with Crippen LogP contribution in [-0.4, -0.2) is 21.7 Å². The Hall–Kier alpha value is -3.92. The predicted octanol–water partition coefficient (Wildman–Crippen LogP) is 2.65. The summed E-state index contributed by atoms with van der Waals surface area (Å²) < 4.78 is 1.05. The summed E-state index contributed by atoms with van der Waals surface area (Å²) in [7, 11) is 0. The molecule has 0 saturated heterocycles. The fraction of sp³-hybridized carbons (Fsp3) is 0. The van der Waals surface area contributed by atoms with E-state index in [9.17, 15) is 19.5 Å². The molecule has 0 spiro atoms. The molecule has 0 bridgehead atoms. The fourth-order valence-corrected chi connectivity index (χ4v) is 2.46. The van der Waals surface area contributed by atoms with Gasteiger partial charge in [0.15, 0.2) is 0 Å². The maximum atomic E-state index is 12.6. The zero-order chi connectivity index (χ0) is 18.0. The molecule has 1 aromatic heterocycles. The van der Waals surface area contributed by atoms with Crippen LogP contribution in [0.1, 0.15) is 15.9 Å². The molecule has 2 N–H and O–H groups in total. The number of hydrogen-bond donors (Lipinski definition) is 2. The van der Waals surface area contributed by atoms with Crippen LogP contribution in [0.2, 0.25) is 0 Å². The maximum absolute atomic E-state index is 12.6. The van der Waals surface area contributed by atoms with Crippen molar-refractivity contribution in [2.45, 2.75) is 0 Å². The van der Waals surface area contributed by atoms with Crippen LogP contribution < -0.4 is 10.7 Å². The number of aromatic nitrogens is 1. The summed E-state index contributed by atoms with van der Waals surface area (Å²) in [5, 5.41) is 21.0. The van der Waals surface area contributed by atoms with Crippen molar-refractivity contribution >= 4 is 28.6 Å². The number of carboxylic acid groups (broad SMARTS) is 1. The van der Waals surface area contributed by atoms with E-state index >= 15 is 0 Å². The standard InChI is InChI=1S/C18H11N3O4/c19-9-11-5-1-3-7-14(11)20-18(25)21-10-13(17(23)24)16(22)12-6-2-4-8-15(12)21/h1-8,10H,(H,20,25)(H,23,24). The van der Waals surface area contributed by atoms with E-state index in [2.05, 4.69) is 5.32 Å². The van der Waals surface area contributed by atoms with Crippen LogP contribution in [0.3, 0.4) is 0 Å². The number of hydrogen-bond acceptors (Lipinski definition) is 4. The minimum Gasteiger partial charge on any atom is -0.477 e. The van der Waals surface area contributed by atoms with E-state index < -0.39 is 23.0 Å². The average molecular weight is 333 g/mol. The lowest BCUT2D eigenvalue weighted by Crippen LogP contribution is -2.26. The van der Waals surface area contributed by atoms with E-state index in [4.69, 9.17) is 5.26 Å². The Labute approximate surface area is 141 Å². The second-order valence-electron chi connectivity index (χ2n) is 5.15. The highest BCUT2D eigenvalue weighted by molar-refractivity contribution is 6.01. The molecule has 1 amide bonds. The molecule has 0 unspecified atom stereocenters. The van der Waals surface area contributed by atoms with Crippen molar-refractivity contribution in [2.24, 2.45) is 0 Å². The maximum Gasteiger partial charge on any atom is 0.341 e. The molecule has 2 aromatic carbocycles. The van der Waals surface area contributed by atoms with Gasteiger partial charge in [-0.15, -0.1) is 0 Å². The number of pyridine rings is 1. The van der Waals surface area contributed by atoms with Crippen molar-refractivity contribution in [1.82, 2.24) is 4.57 Å². The summed E-state index contributed by atoms with van der Waals surface area (Å²) in [6, 6.07) is 13.9. The van der Waals surface area contributed by atoms with E-state index in [0.717, 1.165) is 10.8 Å². The van der Waals surface area contributed by atoms with E-state index in [0.29, 0.717) is 0 Å². The molecular weight excluding hydrogens is 322 g/mol. The molecule has 25 heavy (non-hydrogen) atoms. The first kappa shape index (κ1) is 16.0. The SMILES string of the molecule is N#Cc1ccccc1NC(=O)n1cc(C(=O)O)c(=O)c2ccccc21. The molecule has 0 radical (unpaired) electrons. The molecule has 0 fully saturated rings. The van der Waals surface area contributed by atoms with Gasteiger partial charge in [-0.05, 0) is 24.3 Å². The van der Waals surface area contributed by atoms with E-state index in [1.807, 2.05) is 6.07 Å². The first-order valence-corrected chi connectivity index (χ1v) is 7.21. The van der Waals surface area contributed by atoms with Crippen molar-refractivity contribution in [3.05, 3.63) is 76.1 Å². The van der Waals surface area contributed by atoms with Crippen LogP contribution in [0.4, 0.5) is 10.5 Å². The third kappa shape index (κ3) is 2.84. The number of carbonyl (C=O) groups excluding carboxylic acids is 1. The highest BCUT2D eigenvalue weighted by atomic mass is 16.4. The van der Waals surface area contributed by atoms with Gasteiger partial charge in [-0.1, -0.05) is 24.3 Å². The smallest absolute Gasteiger partial charge is 0.341 e. The number of fused-ring (bicyclic) bond motifs is 1.